The smallest absolute Gasteiger partial charge is 0.131 e. The lowest BCUT2D eigenvalue weighted by molar-refractivity contribution is 0.395. The first kappa shape index (κ1) is 15.3. The lowest BCUT2D eigenvalue weighted by Gasteiger charge is -2.24. The molecule has 1 atom stereocenters. The van der Waals surface area contributed by atoms with E-state index in [0.29, 0.717) is 0 Å². The Hall–Kier alpha value is -1.13. The lowest BCUT2D eigenvalue weighted by Crippen LogP contribution is -2.28. The molecule has 1 saturated heterocycles. The van der Waals surface area contributed by atoms with Crippen molar-refractivity contribution in [3.05, 3.63) is 23.4 Å². The van der Waals surface area contributed by atoms with Crippen molar-refractivity contribution in [3.8, 4) is 0 Å². The SMILES string of the molecule is CCNCc1cnc(N(C)CC2CCN(C)C2)c(C)c1. The zero-order valence-corrected chi connectivity index (χ0v) is 13.3. The second-order valence-electron chi connectivity index (χ2n) is 6.06. The number of hydrogen-bond donors (Lipinski definition) is 1. The monoisotopic (exact) mass is 276 g/mol. The molecule has 0 bridgehead atoms. The average Bonchev–Trinajstić information content (AvgIpc) is 2.81. The van der Waals surface area contributed by atoms with Crippen molar-refractivity contribution in [1.82, 2.24) is 15.2 Å². The molecule has 2 heterocycles. The first-order chi connectivity index (χ1) is 9.60. The number of rotatable bonds is 6. The summed E-state index contributed by atoms with van der Waals surface area (Å²) < 4.78 is 0. The molecule has 4 nitrogen and oxygen atoms in total. The van der Waals surface area contributed by atoms with Gasteiger partial charge in [0.2, 0.25) is 0 Å². The molecule has 20 heavy (non-hydrogen) atoms. The van der Waals surface area contributed by atoms with Gasteiger partial charge in [0.15, 0.2) is 0 Å². The van der Waals surface area contributed by atoms with Crippen LogP contribution in [0.4, 0.5) is 5.82 Å². The molecule has 2 rings (SSSR count). The molecular weight excluding hydrogens is 248 g/mol. The third-order valence-electron chi connectivity index (χ3n) is 4.07. The lowest BCUT2D eigenvalue weighted by atomic mass is 10.1. The van der Waals surface area contributed by atoms with E-state index >= 15 is 0 Å². The molecule has 1 aromatic rings. The van der Waals surface area contributed by atoms with Crippen LogP contribution in [0.1, 0.15) is 24.5 Å². The Kier molecular flexibility index (Phi) is 5.38. The predicted molar refractivity (Wildman–Crippen MR) is 85.2 cm³/mol. The van der Waals surface area contributed by atoms with Gasteiger partial charge < -0.3 is 15.1 Å². The summed E-state index contributed by atoms with van der Waals surface area (Å²) in [5.41, 5.74) is 2.54. The normalized spacial score (nSPS) is 19.5. The van der Waals surface area contributed by atoms with E-state index in [4.69, 9.17) is 0 Å². The van der Waals surface area contributed by atoms with Crippen molar-refractivity contribution in [2.45, 2.75) is 26.8 Å². The van der Waals surface area contributed by atoms with Gasteiger partial charge in [-0.15, -0.1) is 0 Å². The second kappa shape index (κ2) is 7.04. The highest BCUT2D eigenvalue weighted by atomic mass is 15.2. The second-order valence-corrected chi connectivity index (χ2v) is 6.06. The van der Waals surface area contributed by atoms with E-state index in [2.05, 4.69) is 54.1 Å². The molecular formula is C16H28N4. The van der Waals surface area contributed by atoms with Crippen LogP contribution in [0.3, 0.4) is 0 Å². The molecule has 1 aliphatic rings. The predicted octanol–water partition coefficient (Wildman–Crippen LogP) is 1.89. The molecule has 0 spiro atoms. The van der Waals surface area contributed by atoms with Gasteiger partial charge in [0.1, 0.15) is 5.82 Å². The number of pyridine rings is 1. The minimum absolute atomic E-state index is 0.771. The molecule has 0 radical (unpaired) electrons. The van der Waals surface area contributed by atoms with Crippen molar-refractivity contribution in [2.75, 3.05) is 45.2 Å². The first-order valence-electron chi connectivity index (χ1n) is 7.66. The van der Waals surface area contributed by atoms with Crippen LogP contribution in [0.5, 0.6) is 0 Å². The van der Waals surface area contributed by atoms with Gasteiger partial charge in [-0.25, -0.2) is 4.98 Å². The summed E-state index contributed by atoms with van der Waals surface area (Å²) in [6.45, 7) is 9.73. The number of hydrogen-bond acceptors (Lipinski definition) is 4. The maximum Gasteiger partial charge on any atom is 0.131 e. The Bertz CT molecular complexity index is 432. The molecule has 1 aliphatic heterocycles. The van der Waals surface area contributed by atoms with E-state index in [-0.39, 0.29) is 0 Å². The number of aromatic nitrogens is 1. The molecule has 1 aromatic heterocycles. The van der Waals surface area contributed by atoms with E-state index in [0.717, 1.165) is 31.4 Å². The van der Waals surface area contributed by atoms with Crippen LogP contribution in [0.15, 0.2) is 12.3 Å². The Balaban J connectivity index is 1.97. The topological polar surface area (TPSA) is 31.4 Å². The first-order valence-corrected chi connectivity index (χ1v) is 7.66. The van der Waals surface area contributed by atoms with Gasteiger partial charge in [0.05, 0.1) is 0 Å². The number of nitrogens with one attached hydrogen (secondary N) is 1. The summed E-state index contributed by atoms with van der Waals surface area (Å²) in [6.07, 6.45) is 3.31. The fraction of sp³-hybridized carbons (Fsp3) is 0.688. The molecule has 1 unspecified atom stereocenters. The van der Waals surface area contributed by atoms with Gasteiger partial charge in [-0.2, -0.15) is 0 Å². The van der Waals surface area contributed by atoms with Crippen molar-refractivity contribution in [3.63, 3.8) is 0 Å². The van der Waals surface area contributed by atoms with Crippen LogP contribution in [0.2, 0.25) is 0 Å². The zero-order chi connectivity index (χ0) is 14.5. The molecule has 0 aliphatic carbocycles. The van der Waals surface area contributed by atoms with Crippen LogP contribution in [-0.4, -0.2) is 50.2 Å². The Morgan fingerprint density at radius 3 is 2.90 bits per heavy atom. The van der Waals surface area contributed by atoms with E-state index in [9.17, 15) is 0 Å². The fourth-order valence-corrected chi connectivity index (χ4v) is 3.04. The van der Waals surface area contributed by atoms with Crippen molar-refractivity contribution in [1.29, 1.82) is 0 Å². The van der Waals surface area contributed by atoms with Crippen molar-refractivity contribution in [2.24, 2.45) is 5.92 Å². The van der Waals surface area contributed by atoms with Crippen LogP contribution < -0.4 is 10.2 Å². The minimum Gasteiger partial charge on any atom is -0.359 e. The quantitative estimate of drug-likeness (QED) is 0.860. The maximum absolute atomic E-state index is 4.66. The van der Waals surface area contributed by atoms with Gasteiger partial charge in [-0.3, -0.25) is 0 Å². The third kappa shape index (κ3) is 3.93. The van der Waals surface area contributed by atoms with Crippen molar-refractivity contribution >= 4 is 5.82 Å². The zero-order valence-electron chi connectivity index (χ0n) is 13.3. The molecule has 4 heteroatoms. The average molecular weight is 276 g/mol. The van der Waals surface area contributed by atoms with Gasteiger partial charge >= 0.3 is 0 Å². The maximum atomic E-state index is 4.66. The molecule has 0 aromatic carbocycles. The highest BCUT2D eigenvalue weighted by Crippen LogP contribution is 2.21. The minimum atomic E-state index is 0.771. The Morgan fingerprint density at radius 1 is 1.50 bits per heavy atom. The summed E-state index contributed by atoms with van der Waals surface area (Å²) in [7, 11) is 4.37. The number of nitrogens with zero attached hydrogens (tertiary/aromatic N) is 3. The van der Waals surface area contributed by atoms with E-state index in [1.165, 1.54) is 30.6 Å². The molecule has 112 valence electrons. The summed E-state index contributed by atoms with van der Waals surface area (Å²) in [4.78, 5) is 9.40. The number of likely N-dealkylation sites (tertiary alicyclic amines) is 1. The standard InChI is InChI=1S/C16H28N4/c1-5-17-9-15-8-13(2)16(18-10-15)20(4)12-14-6-7-19(3)11-14/h8,10,14,17H,5-7,9,11-12H2,1-4H3. The van der Waals surface area contributed by atoms with E-state index < -0.39 is 0 Å². The molecule has 1 fully saturated rings. The Labute approximate surface area is 123 Å². The third-order valence-corrected chi connectivity index (χ3v) is 4.07. The van der Waals surface area contributed by atoms with E-state index in [1.807, 2.05) is 6.20 Å². The Morgan fingerprint density at radius 2 is 2.30 bits per heavy atom. The summed E-state index contributed by atoms with van der Waals surface area (Å²) in [6, 6.07) is 2.25. The highest BCUT2D eigenvalue weighted by molar-refractivity contribution is 5.46. The van der Waals surface area contributed by atoms with Gasteiger partial charge in [0, 0.05) is 32.9 Å². The summed E-state index contributed by atoms with van der Waals surface area (Å²) in [5.74, 6) is 1.90. The van der Waals surface area contributed by atoms with Crippen LogP contribution in [0.25, 0.3) is 0 Å². The van der Waals surface area contributed by atoms with Crippen molar-refractivity contribution < 1.29 is 0 Å². The largest absolute Gasteiger partial charge is 0.359 e. The number of anilines is 1. The van der Waals surface area contributed by atoms with Gasteiger partial charge in [-0.1, -0.05) is 6.92 Å². The number of aryl methyl sites for hydroxylation is 1. The fourth-order valence-electron chi connectivity index (χ4n) is 3.04. The van der Waals surface area contributed by atoms with Gasteiger partial charge in [0.25, 0.3) is 0 Å². The molecule has 0 amide bonds. The summed E-state index contributed by atoms with van der Waals surface area (Å²) >= 11 is 0. The van der Waals surface area contributed by atoms with Crippen LogP contribution >= 0.6 is 0 Å². The highest BCUT2D eigenvalue weighted by Gasteiger charge is 2.21. The summed E-state index contributed by atoms with van der Waals surface area (Å²) in [5, 5.41) is 3.34. The van der Waals surface area contributed by atoms with Crippen LogP contribution in [0, 0.1) is 12.8 Å². The van der Waals surface area contributed by atoms with Gasteiger partial charge in [-0.05, 0) is 56.6 Å². The van der Waals surface area contributed by atoms with E-state index in [1.54, 1.807) is 0 Å². The molecule has 0 saturated carbocycles. The molecule has 1 N–H and O–H groups in total. The van der Waals surface area contributed by atoms with Crippen LogP contribution in [-0.2, 0) is 6.54 Å².